The Hall–Kier alpha value is -1.20. The number of rotatable bonds is 7. The molecule has 0 aromatic heterocycles. The van der Waals surface area contributed by atoms with E-state index >= 15 is 0 Å². The van der Waals surface area contributed by atoms with E-state index < -0.39 is 0 Å². The van der Waals surface area contributed by atoms with Gasteiger partial charge in [0, 0.05) is 18.8 Å². The van der Waals surface area contributed by atoms with Crippen molar-refractivity contribution in [3.8, 4) is 0 Å². The van der Waals surface area contributed by atoms with Crippen molar-refractivity contribution >= 4 is 17.8 Å². The summed E-state index contributed by atoms with van der Waals surface area (Å²) >= 11 is 1.90. The Bertz CT molecular complexity index is 496. The first-order valence-electron chi connectivity index (χ1n) is 8.49. The number of piperidine rings is 1. The summed E-state index contributed by atoms with van der Waals surface area (Å²) in [4.78, 5) is 14.0. The number of aryl methyl sites for hydroxylation is 1. The SMILES string of the molecule is Cc1cccc(CSCCCNC(=O)N2CCCCC2CO)c1. The molecule has 1 saturated heterocycles. The lowest BCUT2D eigenvalue weighted by atomic mass is 10.0. The van der Waals surface area contributed by atoms with Gasteiger partial charge in [-0.25, -0.2) is 4.79 Å². The average Bonchev–Trinajstić information content (AvgIpc) is 2.57. The summed E-state index contributed by atoms with van der Waals surface area (Å²) in [6, 6.07) is 8.57. The molecule has 1 unspecified atom stereocenters. The Kier molecular flexibility index (Phi) is 7.76. The van der Waals surface area contributed by atoms with Gasteiger partial charge in [0.2, 0.25) is 0 Å². The Balaban J connectivity index is 1.58. The number of carbonyl (C=O) groups excluding carboxylic acids is 1. The monoisotopic (exact) mass is 336 g/mol. The van der Waals surface area contributed by atoms with Crippen molar-refractivity contribution in [3.05, 3.63) is 35.4 Å². The lowest BCUT2D eigenvalue weighted by Gasteiger charge is -2.34. The molecule has 1 aromatic rings. The van der Waals surface area contributed by atoms with Crippen LogP contribution in [0.2, 0.25) is 0 Å². The molecule has 2 amide bonds. The fourth-order valence-electron chi connectivity index (χ4n) is 2.92. The second-order valence-electron chi connectivity index (χ2n) is 6.15. The molecule has 4 nitrogen and oxygen atoms in total. The van der Waals surface area contributed by atoms with Gasteiger partial charge in [-0.3, -0.25) is 0 Å². The fourth-order valence-corrected chi connectivity index (χ4v) is 3.83. The lowest BCUT2D eigenvalue weighted by molar-refractivity contribution is 0.108. The van der Waals surface area contributed by atoms with Crippen LogP contribution in [0.15, 0.2) is 24.3 Å². The maximum Gasteiger partial charge on any atom is 0.317 e. The first-order valence-corrected chi connectivity index (χ1v) is 9.65. The van der Waals surface area contributed by atoms with Crippen LogP contribution >= 0.6 is 11.8 Å². The number of carbonyl (C=O) groups is 1. The van der Waals surface area contributed by atoms with E-state index in [1.54, 1.807) is 4.90 Å². The van der Waals surface area contributed by atoms with Crippen LogP contribution in [0.3, 0.4) is 0 Å². The topological polar surface area (TPSA) is 52.6 Å². The molecule has 1 aliphatic rings. The molecule has 128 valence electrons. The Morgan fingerprint density at radius 3 is 3.09 bits per heavy atom. The van der Waals surface area contributed by atoms with Crippen LogP contribution in [-0.2, 0) is 5.75 Å². The minimum absolute atomic E-state index is 0.000514. The van der Waals surface area contributed by atoms with E-state index in [9.17, 15) is 9.90 Å². The molecule has 1 fully saturated rings. The molecule has 0 bridgehead atoms. The highest BCUT2D eigenvalue weighted by molar-refractivity contribution is 7.98. The number of aliphatic hydroxyl groups is 1. The van der Waals surface area contributed by atoms with Crippen molar-refractivity contribution in [1.82, 2.24) is 10.2 Å². The maximum atomic E-state index is 12.2. The summed E-state index contributed by atoms with van der Waals surface area (Å²) < 4.78 is 0. The van der Waals surface area contributed by atoms with Crippen LogP contribution in [0.5, 0.6) is 0 Å². The third kappa shape index (κ3) is 6.07. The minimum atomic E-state index is -0.0209. The zero-order chi connectivity index (χ0) is 16.5. The van der Waals surface area contributed by atoms with E-state index in [4.69, 9.17) is 0 Å². The molecule has 1 heterocycles. The normalized spacial score (nSPS) is 18.0. The predicted molar refractivity (Wildman–Crippen MR) is 96.8 cm³/mol. The number of benzene rings is 1. The van der Waals surface area contributed by atoms with E-state index in [-0.39, 0.29) is 18.7 Å². The van der Waals surface area contributed by atoms with Crippen LogP contribution in [0.25, 0.3) is 0 Å². The van der Waals surface area contributed by atoms with Crippen molar-refractivity contribution in [3.63, 3.8) is 0 Å². The number of likely N-dealkylation sites (tertiary alicyclic amines) is 1. The van der Waals surface area contributed by atoms with Crippen molar-refractivity contribution in [2.45, 2.75) is 44.4 Å². The Labute approximate surface area is 143 Å². The summed E-state index contributed by atoms with van der Waals surface area (Å²) in [5, 5.41) is 12.3. The van der Waals surface area contributed by atoms with Gasteiger partial charge in [-0.2, -0.15) is 11.8 Å². The highest BCUT2D eigenvalue weighted by Crippen LogP contribution is 2.17. The van der Waals surface area contributed by atoms with Gasteiger partial charge in [0.15, 0.2) is 0 Å². The number of aliphatic hydroxyl groups excluding tert-OH is 1. The molecule has 0 radical (unpaired) electrons. The first-order chi connectivity index (χ1) is 11.2. The molecule has 1 atom stereocenters. The summed E-state index contributed by atoms with van der Waals surface area (Å²) in [6.07, 6.45) is 4.02. The average molecular weight is 337 g/mol. The molecule has 0 saturated carbocycles. The van der Waals surface area contributed by atoms with Gasteiger partial charge in [-0.1, -0.05) is 29.8 Å². The zero-order valence-corrected chi connectivity index (χ0v) is 14.8. The number of hydrogen-bond donors (Lipinski definition) is 2. The molecule has 23 heavy (non-hydrogen) atoms. The fraction of sp³-hybridized carbons (Fsp3) is 0.611. The Morgan fingerprint density at radius 1 is 1.43 bits per heavy atom. The van der Waals surface area contributed by atoms with Gasteiger partial charge in [-0.15, -0.1) is 0 Å². The van der Waals surface area contributed by atoms with Gasteiger partial charge in [0.05, 0.1) is 12.6 Å². The first kappa shape index (κ1) is 18.1. The third-order valence-corrected chi connectivity index (χ3v) is 5.31. The molecule has 0 spiro atoms. The van der Waals surface area contributed by atoms with Crippen LogP contribution in [0.4, 0.5) is 4.79 Å². The van der Waals surface area contributed by atoms with Crippen LogP contribution in [0.1, 0.15) is 36.8 Å². The number of thioether (sulfide) groups is 1. The third-order valence-electron chi connectivity index (χ3n) is 4.19. The largest absolute Gasteiger partial charge is 0.394 e. The number of nitrogens with zero attached hydrogens (tertiary/aromatic N) is 1. The van der Waals surface area contributed by atoms with Gasteiger partial charge < -0.3 is 15.3 Å². The quantitative estimate of drug-likeness (QED) is 0.752. The summed E-state index contributed by atoms with van der Waals surface area (Å²) in [6.45, 7) is 3.65. The molecule has 1 aliphatic heterocycles. The highest BCUT2D eigenvalue weighted by atomic mass is 32.2. The van der Waals surface area contributed by atoms with Crippen molar-refractivity contribution in [2.75, 3.05) is 25.4 Å². The van der Waals surface area contributed by atoms with Gasteiger partial charge in [0.25, 0.3) is 0 Å². The second-order valence-corrected chi connectivity index (χ2v) is 7.26. The molecule has 0 aliphatic carbocycles. The summed E-state index contributed by atoms with van der Waals surface area (Å²) in [5.74, 6) is 2.06. The predicted octanol–water partition coefficient (Wildman–Crippen LogP) is 3.17. The van der Waals surface area contributed by atoms with Crippen molar-refractivity contribution < 1.29 is 9.90 Å². The van der Waals surface area contributed by atoms with E-state index in [1.165, 1.54) is 11.1 Å². The summed E-state index contributed by atoms with van der Waals surface area (Å²) in [5.41, 5.74) is 2.66. The van der Waals surface area contributed by atoms with Crippen LogP contribution in [0, 0.1) is 6.92 Å². The smallest absolute Gasteiger partial charge is 0.317 e. The standard InChI is InChI=1S/C18H28N2O2S/c1-15-6-4-7-16(12-15)14-23-11-5-9-19-18(22)20-10-3-2-8-17(20)13-21/h4,6-7,12,17,21H,2-3,5,8-11,13-14H2,1H3,(H,19,22). The number of amides is 2. The Morgan fingerprint density at radius 2 is 2.30 bits per heavy atom. The number of hydrogen-bond acceptors (Lipinski definition) is 3. The number of nitrogens with one attached hydrogen (secondary N) is 1. The molecule has 2 N–H and O–H groups in total. The van der Waals surface area contributed by atoms with Gasteiger partial charge in [0.1, 0.15) is 0 Å². The molecule has 2 rings (SSSR count). The zero-order valence-electron chi connectivity index (χ0n) is 14.0. The molecule has 5 heteroatoms. The second kappa shape index (κ2) is 9.83. The molecular formula is C18H28N2O2S. The van der Waals surface area contributed by atoms with Gasteiger partial charge in [-0.05, 0) is 43.9 Å². The lowest BCUT2D eigenvalue weighted by Crippen LogP contribution is -2.50. The van der Waals surface area contributed by atoms with Crippen molar-refractivity contribution in [2.24, 2.45) is 0 Å². The maximum absolute atomic E-state index is 12.2. The summed E-state index contributed by atoms with van der Waals surface area (Å²) in [7, 11) is 0. The minimum Gasteiger partial charge on any atom is -0.394 e. The number of urea groups is 1. The van der Waals surface area contributed by atoms with Crippen LogP contribution < -0.4 is 5.32 Å². The molecular weight excluding hydrogens is 308 g/mol. The van der Waals surface area contributed by atoms with E-state index in [0.717, 1.165) is 43.7 Å². The highest BCUT2D eigenvalue weighted by Gasteiger charge is 2.25. The molecule has 1 aromatic carbocycles. The van der Waals surface area contributed by atoms with Crippen LogP contribution in [-0.4, -0.2) is 47.5 Å². The van der Waals surface area contributed by atoms with Crippen molar-refractivity contribution in [1.29, 1.82) is 0 Å². The van der Waals surface area contributed by atoms with Gasteiger partial charge >= 0.3 is 6.03 Å². The van der Waals surface area contributed by atoms with E-state index in [2.05, 4.69) is 36.5 Å². The van der Waals surface area contributed by atoms with E-state index in [0.29, 0.717) is 6.54 Å². The van der Waals surface area contributed by atoms with E-state index in [1.807, 2.05) is 11.8 Å².